The zero-order chi connectivity index (χ0) is 14.6. The second-order valence-electron chi connectivity index (χ2n) is 4.32. The van der Waals surface area contributed by atoms with Gasteiger partial charge in [-0.3, -0.25) is 4.99 Å². The van der Waals surface area contributed by atoms with Crippen molar-refractivity contribution in [2.24, 2.45) is 4.99 Å². The number of phenolic OH excluding ortho intramolecular Hbond substituents is 1. The molecule has 0 bridgehead atoms. The first-order valence-electron chi connectivity index (χ1n) is 5.62. The van der Waals surface area contributed by atoms with Crippen molar-refractivity contribution in [2.75, 3.05) is 12.9 Å². The average molecular weight is 283 g/mol. The highest BCUT2D eigenvalue weighted by molar-refractivity contribution is 7.80. The van der Waals surface area contributed by atoms with Crippen molar-refractivity contribution in [3.63, 3.8) is 0 Å². The first-order valence-corrected chi connectivity index (χ1v) is 6.25. The lowest BCUT2D eigenvalue weighted by Gasteiger charge is -2.19. The van der Waals surface area contributed by atoms with E-state index in [2.05, 4.69) is 17.6 Å². The fraction of sp³-hybridized carbons (Fsp3) is 0.385. The number of aliphatic carboxylic acids is 1. The molecule has 19 heavy (non-hydrogen) atoms. The Labute approximate surface area is 117 Å². The monoisotopic (exact) mass is 283 g/mol. The van der Waals surface area contributed by atoms with Gasteiger partial charge in [-0.15, -0.1) is 0 Å². The smallest absolute Gasteiger partial charge is 0.332 e. The van der Waals surface area contributed by atoms with Gasteiger partial charge in [0.25, 0.3) is 0 Å². The SMILES string of the molecule is COc1ccc(O)c(C(C)=N[C@](C)(CS)C(=O)O)c1. The van der Waals surface area contributed by atoms with Gasteiger partial charge in [0, 0.05) is 17.0 Å². The molecule has 0 radical (unpaired) electrons. The van der Waals surface area contributed by atoms with E-state index in [1.54, 1.807) is 19.1 Å². The Morgan fingerprint density at radius 3 is 2.63 bits per heavy atom. The first-order chi connectivity index (χ1) is 8.84. The molecule has 6 heteroatoms. The number of ether oxygens (including phenoxy) is 1. The number of thiol groups is 1. The van der Waals surface area contributed by atoms with Crippen molar-refractivity contribution in [2.45, 2.75) is 19.4 Å². The maximum Gasteiger partial charge on any atom is 0.332 e. The number of aliphatic imine (C=N–C) groups is 1. The molecule has 1 atom stereocenters. The van der Waals surface area contributed by atoms with E-state index in [1.807, 2.05) is 0 Å². The normalized spacial score (nSPS) is 14.8. The number of carboxylic acids is 1. The Balaban J connectivity index is 3.25. The number of nitrogens with zero attached hydrogens (tertiary/aromatic N) is 1. The van der Waals surface area contributed by atoms with Gasteiger partial charge in [0.15, 0.2) is 5.54 Å². The third-order valence-electron chi connectivity index (χ3n) is 2.78. The predicted molar refractivity (Wildman–Crippen MR) is 76.8 cm³/mol. The summed E-state index contributed by atoms with van der Waals surface area (Å²) in [6.45, 7) is 3.11. The van der Waals surface area contributed by atoms with Crippen molar-refractivity contribution in [1.82, 2.24) is 0 Å². The number of hydrogen-bond donors (Lipinski definition) is 3. The summed E-state index contributed by atoms with van der Waals surface area (Å²) in [5.41, 5.74) is -0.480. The fourth-order valence-electron chi connectivity index (χ4n) is 1.51. The van der Waals surface area contributed by atoms with Gasteiger partial charge in [-0.25, -0.2) is 4.79 Å². The van der Waals surface area contributed by atoms with E-state index in [-0.39, 0.29) is 11.5 Å². The minimum absolute atomic E-state index is 0.0222. The standard InChI is InChI=1S/C13H17NO4S/c1-8(14-13(2,7-19)12(16)17)10-6-9(18-3)4-5-11(10)15/h4-6,15,19H,7H2,1-3H3,(H,16,17)/t13-/m1/s1. The fourth-order valence-corrected chi connectivity index (χ4v) is 1.72. The molecule has 1 aromatic rings. The Morgan fingerprint density at radius 2 is 2.16 bits per heavy atom. The van der Waals surface area contributed by atoms with Gasteiger partial charge < -0.3 is 14.9 Å². The van der Waals surface area contributed by atoms with Gasteiger partial charge in [-0.2, -0.15) is 12.6 Å². The van der Waals surface area contributed by atoms with Gasteiger partial charge in [0.05, 0.1) is 7.11 Å². The number of carboxylic acid groups (broad SMARTS) is 1. The zero-order valence-electron chi connectivity index (χ0n) is 11.0. The molecule has 0 amide bonds. The van der Waals surface area contributed by atoms with Gasteiger partial charge in [0.2, 0.25) is 0 Å². The predicted octanol–water partition coefficient (Wildman–Crippen LogP) is 1.98. The summed E-state index contributed by atoms with van der Waals surface area (Å²) in [5, 5.41) is 19.0. The van der Waals surface area contributed by atoms with E-state index >= 15 is 0 Å². The van der Waals surface area contributed by atoms with E-state index in [1.165, 1.54) is 20.1 Å². The highest BCUT2D eigenvalue weighted by Gasteiger charge is 2.31. The lowest BCUT2D eigenvalue weighted by molar-refractivity contribution is -0.141. The van der Waals surface area contributed by atoms with Crippen LogP contribution in [0.4, 0.5) is 0 Å². The van der Waals surface area contributed by atoms with E-state index in [0.717, 1.165) is 0 Å². The molecule has 0 saturated carbocycles. The van der Waals surface area contributed by atoms with Crippen LogP contribution in [0.25, 0.3) is 0 Å². The third-order valence-corrected chi connectivity index (χ3v) is 3.39. The summed E-state index contributed by atoms with van der Waals surface area (Å²) < 4.78 is 5.07. The van der Waals surface area contributed by atoms with Crippen LogP contribution in [0.1, 0.15) is 19.4 Å². The summed E-state index contributed by atoms with van der Waals surface area (Å²) >= 11 is 4.02. The van der Waals surface area contributed by atoms with E-state index in [9.17, 15) is 9.90 Å². The lowest BCUT2D eigenvalue weighted by atomic mass is 10.0. The van der Waals surface area contributed by atoms with Crippen molar-refractivity contribution >= 4 is 24.3 Å². The summed E-state index contributed by atoms with van der Waals surface area (Å²) in [6.07, 6.45) is 0. The van der Waals surface area contributed by atoms with Gasteiger partial charge >= 0.3 is 5.97 Å². The quantitative estimate of drug-likeness (QED) is 0.570. The molecule has 104 valence electrons. The van der Waals surface area contributed by atoms with E-state index in [4.69, 9.17) is 9.84 Å². The molecule has 0 aliphatic carbocycles. The Hall–Kier alpha value is -1.69. The van der Waals surface area contributed by atoms with Gasteiger partial charge in [-0.1, -0.05) is 0 Å². The molecule has 0 fully saturated rings. The minimum atomic E-state index is -1.33. The topological polar surface area (TPSA) is 79.1 Å². The molecule has 0 aromatic heterocycles. The van der Waals surface area contributed by atoms with Crippen LogP contribution in [-0.2, 0) is 4.79 Å². The lowest BCUT2D eigenvalue weighted by Crippen LogP contribution is -2.36. The minimum Gasteiger partial charge on any atom is -0.507 e. The highest BCUT2D eigenvalue weighted by Crippen LogP contribution is 2.25. The van der Waals surface area contributed by atoms with Crippen molar-refractivity contribution < 1.29 is 19.7 Å². The van der Waals surface area contributed by atoms with Crippen LogP contribution in [0.15, 0.2) is 23.2 Å². The highest BCUT2D eigenvalue weighted by atomic mass is 32.1. The molecule has 0 heterocycles. The van der Waals surface area contributed by atoms with Crippen LogP contribution in [0.2, 0.25) is 0 Å². The molecule has 0 unspecified atom stereocenters. The second-order valence-corrected chi connectivity index (χ2v) is 4.63. The average Bonchev–Trinajstić information content (AvgIpc) is 2.38. The zero-order valence-corrected chi connectivity index (χ0v) is 11.9. The van der Waals surface area contributed by atoms with Crippen molar-refractivity contribution in [3.05, 3.63) is 23.8 Å². The van der Waals surface area contributed by atoms with Gasteiger partial charge in [-0.05, 0) is 32.0 Å². The molecular formula is C13H17NO4S. The largest absolute Gasteiger partial charge is 0.507 e. The van der Waals surface area contributed by atoms with Gasteiger partial charge in [0.1, 0.15) is 11.5 Å². The number of phenols is 1. The molecule has 1 rings (SSSR count). The van der Waals surface area contributed by atoms with E-state index in [0.29, 0.717) is 17.0 Å². The van der Waals surface area contributed by atoms with Crippen molar-refractivity contribution in [1.29, 1.82) is 0 Å². The molecule has 0 aliphatic heterocycles. The summed E-state index contributed by atoms with van der Waals surface area (Å²) in [4.78, 5) is 15.3. The number of hydrogen-bond acceptors (Lipinski definition) is 5. The summed E-state index contributed by atoms with van der Waals surface area (Å²) in [5.74, 6) is -0.423. The van der Waals surface area contributed by atoms with Crippen LogP contribution in [0, 0.1) is 0 Å². The maximum absolute atomic E-state index is 11.2. The molecule has 1 aromatic carbocycles. The van der Waals surface area contributed by atoms with Crippen LogP contribution >= 0.6 is 12.6 Å². The Bertz CT molecular complexity index is 515. The maximum atomic E-state index is 11.2. The third kappa shape index (κ3) is 3.41. The first kappa shape index (κ1) is 15.4. The van der Waals surface area contributed by atoms with Crippen LogP contribution in [-0.4, -0.2) is 40.3 Å². The number of carbonyl (C=O) groups is 1. The molecular weight excluding hydrogens is 266 g/mol. The second kappa shape index (κ2) is 5.97. The van der Waals surface area contributed by atoms with Crippen LogP contribution in [0.5, 0.6) is 11.5 Å². The van der Waals surface area contributed by atoms with E-state index < -0.39 is 11.5 Å². The van der Waals surface area contributed by atoms with Crippen LogP contribution < -0.4 is 4.74 Å². The molecule has 0 saturated heterocycles. The molecule has 0 aliphatic rings. The van der Waals surface area contributed by atoms with Crippen LogP contribution in [0.3, 0.4) is 0 Å². The Morgan fingerprint density at radius 1 is 1.53 bits per heavy atom. The number of methoxy groups -OCH3 is 1. The number of rotatable bonds is 5. The summed E-state index contributed by atoms with van der Waals surface area (Å²) in [7, 11) is 1.51. The molecule has 0 spiro atoms. The van der Waals surface area contributed by atoms with Crippen molar-refractivity contribution in [3.8, 4) is 11.5 Å². The summed E-state index contributed by atoms with van der Waals surface area (Å²) in [6, 6.07) is 4.70. The molecule has 5 nitrogen and oxygen atoms in total. The Kier molecular flexibility index (Phi) is 4.83. The number of benzene rings is 1. The molecule has 2 N–H and O–H groups in total. The number of aromatic hydroxyl groups is 1.